The molecule has 0 saturated heterocycles. The van der Waals surface area contributed by atoms with E-state index in [4.69, 9.17) is 4.98 Å². The minimum Gasteiger partial charge on any atom is -0.292 e. The van der Waals surface area contributed by atoms with Gasteiger partial charge in [-0.2, -0.15) is 0 Å². The average molecular weight is 849 g/mol. The van der Waals surface area contributed by atoms with Gasteiger partial charge in [0.05, 0.1) is 21.9 Å². The smallest absolute Gasteiger partial charge is 0.146 e. The third kappa shape index (κ3) is 4.57. The van der Waals surface area contributed by atoms with Crippen molar-refractivity contribution in [3.8, 4) is 50.5 Å². The molecule has 11 aromatic carbocycles. The number of nitrogens with zero attached hydrogens (tertiary/aromatic N) is 2. The van der Waals surface area contributed by atoms with Gasteiger partial charge in [-0.05, 0) is 130 Å². The van der Waals surface area contributed by atoms with Gasteiger partial charge in [-0.15, -0.1) is 0 Å². The Bertz CT molecular complexity index is 3910. The molecule has 1 heterocycles. The Morgan fingerprint density at radius 2 is 0.687 bits per heavy atom. The third-order valence-corrected chi connectivity index (χ3v) is 15.5. The fraction of sp³-hybridized carbons (Fsp3) is 0.0308. The summed E-state index contributed by atoms with van der Waals surface area (Å²) in [5.41, 5.74) is 21.5. The normalized spacial score (nSPS) is 14.2. The van der Waals surface area contributed by atoms with E-state index in [1.54, 1.807) is 0 Å². The second-order valence-electron chi connectivity index (χ2n) is 18.4. The zero-order valence-corrected chi connectivity index (χ0v) is 36.5. The van der Waals surface area contributed by atoms with Gasteiger partial charge in [0, 0.05) is 11.3 Å². The van der Waals surface area contributed by atoms with Crippen LogP contribution in [0.4, 0.5) is 0 Å². The molecule has 2 nitrogen and oxygen atoms in total. The molecule has 67 heavy (non-hydrogen) atoms. The van der Waals surface area contributed by atoms with Gasteiger partial charge in [0.1, 0.15) is 5.82 Å². The largest absolute Gasteiger partial charge is 0.292 e. The SMILES string of the molecule is c1ccc(-n2c(-c3c4ccccc4c(-c4ccc5c(c4)C4(c6ccccc6-c6ccccc64)c4ccccc4C54c5ccccc5-c5ccccc54)c4ccccc34)nc3ccccc32)cc1. The number of hydrogen-bond acceptors (Lipinski definition) is 1. The second kappa shape index (κ2) is 13.5. The van der Waals surface area contributed by atoms with Gasteiger partial charge in [-0.1, -0.05) is 212 Å². The van der Waals surface area contributed by atoms with Crippen molar-refractivity contribution in [2.75, 3.05) is 0 Å². The molecular formula is C65H40N2. The summed E-state index contributed by atoms with van der Waals surface area (Å²) in [6, 6.07) is 90.8. The lowest BCUT2D eigenvalue weighted by atomic mass is 9.52. The highest BCUT2D eigenvalue weighted by Gasteiger charge is 2.59. The van der Waals surface area contributed by atoms with Crippen molar-refractivity contribution in [2.45, 2.75) is 10.8 Å². The fourth-order valence-electron chi connectivity index (χ4n) is 13.1. The molecule has 0 radical (unpaired) electrons. The molecule has 0 amide bonds. The third-order valence-electron chi connectivity index (χ3n) is 15.5. The number of aromatic nitrogens is 2. The standard InChI is InChI=1S/C65H40N2/c1-2-20-42(21-3-1)67-60-37-19-18-36-59(60)66-63(67)62-49-28-6-4-26-47(49)61(48-27-5-7-29-50(48)62)41-38-39-57-58(40-41)65(53-32-14-10-24-45(53)46-25-11-15-33-54(46)65)56-35-17-16-34-55(56)64(57)51-30-12-8-22-43(51)44-23-9-13-31-52(44)64/h1-40H. The van der Waals surface area contributed by atoms with Crippen LogP contribution in [0.1, 0.15) is 44.5 Å². The van der Waals surface area contributed by atoms with Crippen LogP contribution in [0.2, 0.25) is 0 Å². The fourth-order valence-corrected chi connectivity index (χ4v) is 13.1. The Morgan fingerprint density at radius 1 is 0.299 bits per heavy atom. The number of benzene rings is 11. The molecule has 0 N–H and O–H groups in total. The van der Waals surface area contributed by atoms with Gasteiger partial charge >= 0.3 is 0 Å². The molecule has 0 unspecified atom stereocenters. The molecule has 3 aliphatic rings. The molecule has 0 bridgehead atoms. The van der Waals surface area contributed by atoms with Crippen molar-refractivity contribution >= 4 is 32.6 Å². The van der Waals surface area contributed by atoms with Crippen molar-refractivity contribution in [1.82, 2.24) is 9.55 Å². The number of hydrogen-bond donors (Lipinski definition) is 0. The first kappa shape index (κ1) is 36.7. The van der Waals surface area contributed by atoms with E-state index in [1.165, 1.54) is 99.4 Å². The summed E-state index contributed by atoms with van der Waals surface area (Å²) in [6.45, 7) is 0. The van der Waals surface area contributed by atoms with E-state index in [9.17, 15) is 0 Å². The highest BCUT2D eigenvalue weighted by Crippen LogP contribution is 2.67. The van der Waals surface area contributed by atoms with Crippen molar-refractivity contribution < 1.29 is 0 Å². The molecule has 3 aliphatic carbocycles. The van der Waals surface area contributed by atoms with Crippen LogP contribution in [0.25, 0.3) is 83.0 Å². The molecule has 0 aliphatic heterocycles. The maximum absolute atomic E-state index is 5.47. The number of rotatable bonds is 3. The summed E-state index contributed by atoms with van der Waals surface area (Å²) in [7, 11) is 0. The van der Waals surface area contributed by atoms with Gasteiger partial charge in [0.25, 0.3) is 0 Å². The van der Waals surface area contributed by atoms with Gasteiger partial charge in [0.2, 0.25) is 0 Å². The average Bonchev–Trinajstić information content (AvgIpc) is 4.03. The molecule has 0 saturated carbocycles. The van der Waals surface area contributed by atoms with Crippen molar-refractivity contribution in [1.29, 1.82) is 0 Å². The predicted molar refractivity (Wildman–Crippen MR) is 275 cm³/mol. The molecule has 0 fully saturated rings. The molecule has 12 aromatic rings. The topological polar surface area (TPSA) is 17.8 Å². The van der Waals surface area contributed by atoms with E-state index in [0.717, 1.165) is 28.1 Å². The molecule has 2 spiro atoms. The Hall–Kier alpha value is -8.59. The summed E-state index contributed by atoms with van der Waals surface area (Å²) < 4.78 is 2.34. The monoisotopic (exact) mass is 848 g/mol. The lowest BCUT2D eigenvalue weighted by molar-refractivity contribution is 0.633. The van der Waals surface area contributed by atoms with Crippen LogP contribution in [-0.4, -0.2) is 9.55 Å². The van der Waals surface area contributed by atoms with Crippen molar-refractivity contribution in [3.63, 3.8) is 0 Å². The van der Waals surface area contributed by atoms with Crippen LogP contribution in [-0.2, 0) is 10.8 Å². The zero-order valence-electron chi connectivity index (χ0n) is 36.5. The molecule has 2 heteroatoms. The first-order valence-electron chi connectivity index (χ1n) is 23.4. The van der Waals surface area contributed by atoms with Gasteiger partial charge < -0.3 is 0 Å². The Labute approximate surface area is 388 Å². The van der Waals surface area contributed by atoms with Crippen molar-refractivity contribution in [3.05, 3.63) is 287 Å². The molecule has 1 aromatic heterocycles. The lowest BCUT2D eigenvalue weighted by Crippen LogP contribution is -2.43. The summed E-state index contributed by atoms with van der Waals surface area (Å²) in [6.07, 6.45) is 0. The van der Waals surface area contributed by atoms with E-state index in [2.05, 4.69) is 247 Å². The van der Waals surface area contributed by atoms with Gasteiger partial charge in [-0.3, -0.25) is 4.57 Å². The molecule has 15 rings (SSSR count). The second-order valence-corrected chi connectivity index (χ2v) is 18.4. The van der Waals surface area contributed by atoms with Gasteiger partial charge in [-0.25, -0.2) is 4.98 Å². The van der Waals surface area contributed by atoms with Gasteiger partial charge in [0.15, 0.2) is 0 Å². The van der Waals surface area contributed by atoms with E-state index >= 15 is 0 Å². The lowest BCUT2D eigenvalue weighted by Gasteiger charge is -2.49. The quantitative estimate of drug-likeness (QED) is 0.162. The highest BCUT2D eigenvalue weighted by atomic mass is 15.1. The van der Waals surface area contributed by atoms with Crippen LogP contribution in [0.5, 0.6) is 0 Å². The summed E-state index contributed by atoms with van der Waals surface area (Å²) in [5, 5.41) is 4.75. The van der Waals surface area contributed by atoms with Crippen LogP contribution in [0, 0.1) is 0 Å². The molecule has 310 valence electrons. The first-order valence-corrected chi connectivity index (χ1v) is 23.4. The molecular weight excluding hydrogens is 809 g/mol. The van der Waals surface area contributed by atoms with Crippen LogP contribution < -0.4 is 0 Å². The van der Waals surface area contributed by atoms with Crippen LogP contribution >= 0.6 is 0 Å². The zero-order chi connectivity index (χ0) is 43.8. The van der Waals surface area contributed by atoms with Crippen molar-refractivity contribution in [2.24, 2.45) is 0 Å². The number of para-hydroxylation sites is 3. The van der Waals surface area contributed by atoms with Crippen LogP contribution in [0.15, 0.2) is 243 Å². The van der Waals surface area contributed by atoms with E-state index in [0.29, 0.717) is 0 Å². The van der Waals surface area contributed by atoms with Crippen LogP contribution in [0.3, 0.4) is 0 Å². The van der Waals surface area contributed by atoms with E-state index in [1.807, 2.05) is 0 Å². The van der Waals surface area contributed by atoms with E-state index < -0.39 is 10.8 Å². The maximum atomic E-state index is 5.47. The summed E-state index contributed by atoms with van der Waals surface area (Å²) >= 11 is 0. The Kier molecular flexibility index (Phi) is 7.39. The minimum atomic E-state index is -0.584. The molecule has 0 atom stereocenters. The van der Waals surface area contributed by atoms with E-state index in [-0.39, 0.29) is 0 Å². The maximum Gasteiger partial charge on any atom is 0.146 e. The Morgan fingerprint density at radius 3 is 1.21 bits per heavy atom. The Balaban J connectivity index is 1.09. The number of imidazole rings is 1. The highest BCUT2D eigenvalue weighted by molar-refractivity contribution is 6.21. The first-order chi connectivity index (χ1) is 33.3. The summed E-state index contributed by atoms with van der Waals surface area (Å²) in [4.78, 5) is 5.47. The predicted octanol–water partition coefficient (Wildman–Crippen LogP) is 15.7. The number of fused-ring (bicyclic) bond motifs is 19. The minimum absolute atomic E-state index is 0.542. The summed E-state index contributed by atoms with van der Waals surface area (Å²) in [5.74, 6) is 0.937.